The number of aliphatic imine (C=N–C) groups is 1. The minimum atomic E-state index is -0.183. The predicted octanol–water partition coefficient (Wildman–Crippen LogP) is 5.16. The molecule has 21 heavy (non-hydrogen) atoms. The van der Waals surface area contributed by atoms with Crippen molar-refractivity contribution in [2.24, 2.45) is 4.99 Å². The Labute approximate surface area is 124 Å². The maximum Gasteiger partial charge on any atom is 0.123 e. The lowest BCUT2D eigenvalue weighted by molar-refractivity contribution is 0.386. The van der Waals surface area contributed by atoms with Gasteiger partial charge in [0.1, 0.15) is 5.82 Å². The van der Waals surface area contributed by atoms with Crippen LogP contribution in [0.2, 0.25) is 0 Å². The van der Waals surface area contributed by atoms with Gasteiger partial charge in [0.05, 0.1) is 11.4 Å². The molecule has 106 valence electrons. The highest BCUT2D eigenvalue weighted by atomic mass is 19.1. The quantitative estimate of drug-likeness (QED) is 0.683. The van der Waals surface area contributed by atoms with Crippen molar-refractivity contribution >= 4 is 11.4 Å². The van der Waals surface area contributed by atoms with E-state index in [9.17, 15) is 4.39 Å². The van der Waals surface area contributed by atoms with Crippen molar-refractivity contribution in [3.05, 3.63) is 65.5 Å². The number of halogens is 1. The number of fused-ring (bicyclic) bond motifs is 2. The standard InChI is InChI=1S/C19H18FN/c20-15-8-6-7-14(13-15)18-19(11-4-1-5-12-19)16-9-2-3-10-17(16)21-18/h2-3,6-10,13H,1,4-5,11-12H2. The van der Waals surface area contributed by atoms with E-state index in [1.165, 1.54) is 30.9 Å². The van der Waals surface area contributed by atoms with Crippen molar-refractivity contribution in [2.45, 2.75) is 37.5 Å². The highest BCUT2D eigenvalue weighted by Crippen LogP contribution is 2.50. The Morgan fingerprint density at radius 3 is 2.52 bits per heavy atom. The number of rotatable bonds is 1. The van der Waals surface area contributed by atoms with Crippen LogP contribution in [0, 0.1) is 5.82 Å². The molecular weight excluding hydrogens is 261 g/mol. The Hall–Kier alpha value is -1.96. The van der Waals surface area contributed by atoms with Crippen LogP contribution in [0.3, 0.4) is 0 Å². The van der Waals surface area contributed by atoms with Gasteiger partial charge in [0.2, 0.25) is 0 Å². The molecule has 0 N–H and O–H groups in total. The van der Waals surface area contributed by atoms with Gasteiger partial charge in [-0.3, -0.25) is 4.99 Å². The van der Waals surface area contributed by atoms with Crippen LogP contribution in [0.1, 0.15) is 43.2 Å². The van der Waals surface area contributed by atoms with Crippen molar-refractivity contribution in [2.75, 3.05) is 0 Å². The molecule has 0 unspecified atom stereocenters. The number of nitrogens with zero attached hydrogens (tertiary/aromatic N) is 1. The first-order valence-corrected chi connectivity index (χ1v) is 7.74. The zero-order valence-corrected chi connectivity index (χ0v) is 12.0. The molecule has 0 aromatic heterocycles. The highest BCUT2D eigenvalue weighted by Gasteiger charge is 2.44. The summed E-state index contributed by atoms with van der Waals surface area (Å²) in [5.41, 5.74) is 4.42. The lowest BCUT2D eigenvalue weighted by Gasteiger charge is -2.36. The molecule has 1 heterocycles. The third kappa shape index (κ3) is 1.93. The Kier molecular flexibility index (Phi) is 2.91. The Bertz CT molecular complexity index is 711. The average Bonchev–Trinajstić information content (AvgIpc) is 2.83. The van der Waals surface area contributed by atoms with Gasteiger partial charge in [-0.05, 0) is 42.2 Å². The zero-order chi connectivity index (χ0) is 14.3. The van der Waals surface area contributed by atoms with Gasteiger partial charge < -0.3 is 0 Å². The first-order chi connectivity index (χ1) is 10.3. The summed E-state index contributed by atoms with van der Waals surface area (Å²) in [5.74, 6) is -0.183. The third-order valence-corrected chi connectivity index (χ3v) is 4.91. The van der Waals surface area contributed by atoms with Gasteiger partial charge in [-0.25, -0.2) is 4.39 Å². The van der Waals surface area contributed by atoms with E-state index in [1.807, 2.05) is 12.1 Å². The van der Waals surface area contributed by atoms with E-state index < -0.39 is 0 Å². The summed E-state index contributed by atoms with van der Waals surface area (Å²) in [7, 11) is 0. The van der Waals surface area contributed by atoms with Gasteiger partial charge in [-0.2, -0.15) is 0 Å². The molecule has 1 saturated carbocycles. The van der Waals surface area contributed by atoms with Crippen LogP contribution in [0.5, 0.6) is 0 Å². The van der Waals surface area contributed by atoms with Crippen molar-refractivity contribution in [1.29, 1.82) is 0 Å². The van der Waals surface area contributed by atoms with Crippen LogP contribution < -0.4 is 0 Å². The lowest BCUT2D eigenvalue weighted by Crippen LogP contribution is -2.36. The van der Waals surface area contributed by atoms with Gasteiger partial charge in [0.15, 0.2) is 0 Å². The molecule has 2 heteroatoms. The Morgan fingerprint density at radius 1 is 0.905 bits per heavy atom. The fourth-order valence-electron chi connectivity index (χ4n) is 3.97. The summed E-state index contributed by atoms with van der Waals surface area (Å²) in [6.07, 6.45) is 5.99. The molecule has 2 aromatic rings. The Balaban J connectivity index is 1.90. The molecule has 4 rings (SSSR count). The SMILES string of the molecule is Fc1cccc(C2=Nc3ccccc3C23CCCCC3)c1. The minimum absolute atomic E-state index is 0.00262. The van der Waals surface area contributed by atoms with Gasteiger partial charge in [0.25, 0.3) is 0 Å². The Morgan fingerprint density at radius 2 is 1.71 bits per heavy atom. The molecule has 1 fully saturated rings. The summed E-state index contributed by atoms with van der Waals surface area (Å²) in [4.78, 5) is 4.89. The molecule has 1 nitrogen and oxygen atoms in total. The van der Waals surface area contributed by atoms with Crippen LogP contribution in [-0.2, 0) is 5.41 Å². The third-order valence-electron chi connectivity index (χ3n) is 4.91. The fraction of sp³-hybridized carbons (Fsp3) is 0.316. The molecule has 1 spiro atoms. The van der Waals surface area contributed by atoms with E-state index in [0.29, 0.717) is 0 Å². The molecule has 1 aliphatic heterocycles. The van der Waals surface area contributed by atoms with Crippen LogP contribution in [0.15, 0.2) is 53.5 Å². The summed E-state index contributed by atoms with van der Waals surface area (Å²) in [6.45, 7) is 0. The number of hydrogen-bond donors (Lipinski definition) is 0. The molecule has 0 radical (unpaired) electrons. The maximum absolute atomic E-state index is 13.7. The van der Waals surface area contributed by atoms with Crippen molar-refractivity contribution in [3.8, 4) is 0 Å². The number of hydrogen-bond acceptors (Lipinski definition) is 1. The number of benzene rings is 2. The maximum atomic E-state index is 13.7. The van der Waals surface area contributed by atoms with E-state index in [1.54, 1.807) is 12.1 Å². The van der Waals surface area contributed by atoms with Crippen molar-refractivity contribution in [1.82, 2.24) is 0 Å². The average molecular weight is 279 g/mol. The van der Waals surface area contributed by atoms with E-state index in [0.717, 1.165) is 29.8 Å². The number of para-hydroxylation sites is 1. The topological polar surface area (TPSA) is 12.4 Å². The van der Waals surface area contributed by atoms with E-state index in [-0.39, 0.29) is 11.2 Å². The minimum Gasteiger partial charge on any atom is -0.252 e. The fourth-order valence-corrected chi connectivity index (χ4v) is 3.97. The second-order valence-electron chi connectivity index (χ2n) is 6.13. The summed E-state index contributed by atoms with van der Waals surface area (Å²) in [6, 6.07) is 15.3. The van der Waals surface area contributed by atoms with Crippen molar-refractivity contribution in [3.63, 3.8) is 0 Å². The molecular formula is C19H18FN. The second kappa shape index (κ2) is 4.80. The first-order valence-electron chi connectivity index (χ1n) is 7.74. The van der Waals surface area contributed by atoms with E-state index in [2.05, 4.69) is 18.2 Å². The van der Waals surface area contributed by atoms with Crippen molar-refractivity contribution < 1.29 is 4.39 Å². The molecule has 0 saturated heterocycles. The van der Waals surface area contributed by atoms with Crippen LogP contribution in [0.4, 0.5) is 10.1 Å². The highest BCUT2D eigenvalue weighted by molar-refractivity contribution is 6.12. The van der Waals surface area contributed by atoms with E-state index in [4.69, 9.17) is 4.99 Å². The molecule has 0 amide bonds. The first kappa shape index (κ1) is 12.8. The monoisotopic (exact) mass is 279 g/mol. The lowest BCUT2D eigenvalue weighted by atomic mass is 9.66. The molecule has 1 aliphatic carbocycles. The van der Waals surface area contributed by atoms with Crippen LogP contribution >= 0.6 is 0 Å². The largest absolute Gasteiger partial charge is 0.252 e. The van der Waals surface area contributed by atoms with Crippen LogP contribution in [-0.4, -0.2) is 5.71 Å². The molecule has 0 bridgehead atoms. The molecule has 2 aliphatic rings. The normalized spacial score (nSPS) is 19.4. The van der Waals surface area contributed by atoms with Gasteiger partial charge in [0, 0.05) is 5.41 Å². The van der Waals surface area contributed by atoms with E-state index >= 15 is 0 Å². The van der Waals surface area contributed by atoms with Gasteiger partial charge in [-0.15, -0.1) is 0 Å². The van der Waals surface area contributed by atoms with Crippen LogP contribution in [0.25, 0.3) is 0 Å². The summed E-state index contributed by atoms with van der Waals surface area (Å²) >= 11 is 0. The summed E-state index contributed by atoms with van der Waals surface area (Å²) < 4.78 is 13.7. The molecule has 2 aromatic carbocycles. The molecule has 0 atom stereocenters. The van der Waals surface area contributed by atoms with Gasteiger partial charge >= 0.3 is 0 Å². The summed E-state index contributed by atoms with van der Waals surface area (Å²) in [5, 5.41) is 0. The predicted molar refractivity (Wildman–Crippen MR) is 83.8 cm³/mol. The second-order valence-corrected chi connectivity index (χ2v) is 6.13. The zero-order valence-electron chi connectivity index (χ0n) is 12.0. The smallest absolute Gasteiger partial charge is 0.123 e. The van der Waals surface area contributed by atoms with Gasteiger partial charge in [-0.1, -0.05) is 49.6 Å².